The molecule has 2 aromatic rings. The van der Waals surface area contributed by atoms with E-state index in [-0.39, 0.29) is 0 Å². The normalized spacial score (nSPS) is 9.67. The monoisotopic (exact) mass is 283 g/mol. The zero-order chi connectivity index (χ0) is 15.5. The van der Waals surface area contributed by atoms with Gasteiger partial charge in [0.05, 0.1) is 0 Å². The minimum absolute atomic E-state index is 0.721. The Bertz CT molecular complexity index is 514. The molecule has 2 nitrogen and oxygen atoms in total. The lowest BCUT2D eigenvalue weighted by molar-refractivity contribution is 0.112. The van der Waals surface area contributed by atoms with Gasteiger partial charge < -0.3 is 5.32 Å². The number of unbranched alkanes of at least 4 members (excludes halogenated alkanes) is 1. The summed E-state index contributed by atoms with van der Waals surface area (Å²) in [6, 6.07) is 16.4. The summed E-state index contributed by atoms with van der Waals surface area (Å²) in [5.41, 5.74) is 4.47. The summed E-state index contributed by atoms with van der Waals surface area (Å²) in [7, 11) is 3.75. The van der Waals surface area contributed by atoms with E-state index >= 15 is 0 Å². The predicted octanol–water partition coefficient (Wildman–Crippen LogP) is 4.34. The maximum Gasteiger partial charge on any atom is 0.150 e. The first-order valence-corrected chi connectivity index (χ1v) is 7.48. The van der Waals surface area contributed by atoms with E-state index in [1.165, 1.54) is 24.0 Å². The van der Waals surface area contributed by atoms with Gasteiger partial charge in [-0.25, -0.2) is 0 Å². The molecule has 0 radical (unpaired) electrons. The molecule has 1 N–H and O–H groups in total. The second kappa shape index (κ2) is 9.89. The van der Waals surface area contributed by atoms with Gasteiger partial charge in [0.15, 0.2) is 0 Å². The van der Waals surface area contributed by atoms with E-state index in [0.29, 0.717) is 0 Å². The summed E-state index contributed by atoms with van der Waals surface area (Å²) in [5.74, 6) is 0. The molecule has 0 aliphatic heterocycles. The lowest BCUT2D eigenvalue weighted by atomic mass is 10.0. The molecule has 112 valence electrons. The fraction of sp³-hybridized carbons (Fsp3) is 0.316. The molecule has 0 bridgehead atoms. The summed E-state index contributed by atoms with van der Waals surface area (Å²) in [5, 5.41) is 2.75. The maximum atomic E-state index is 10.6. The number of hydrogen-bond acceptors (Lipinski definition) is 2. The van der Waals surface area contributed by atoms with Crippen LogP contribution in [0.15, 0.2) is 48.5 Å². The third-order valence-corrected chi connectivity index (χ3v) is 3.15. The third kappa shape index (κ3) is 5.92. The molecule has 0 saturated carbocycles. The number of hydrogen-bond donors (Lipinski definition) is 1. The average Bonchev–Trinajstić information content (AvgIpc) is 2.54. The third-order valence-electron chi connectivity index (χ3n) is 3.15. The van der Waals surface area contributed by atoms with Crippen molar-refractivity contribution in [1.29, 1.82) is 0 Å². The van der Waals surface area contributed by atoms with Crippen molar-refractivity contribution in [2.45, 2.75) is 26.2 Å². The summed E-state index contributed by atoms with van der Waals surface area (Å²) in [6.07, 6.45) is 4.50. The van der Waals surface area contributed by atoms with Gasteiger partial charge in [0.1, 0.15) is 6.29 Å². The number of aryl methyl sites for hydroxylation is 1. The van der Waals surface area contributed by atoms with Crippen molar-refractivity contribution in [3.63, 3.8) is 0 Å². The van der Waals surface area contributed by atoms with E-state index in [1.54, 1.807) is 0 Å². The number of carbonyl (C=O) groups is 1. The molecule has 0 saturated heterocycles. The molecule has 0 aromatic heterocycles. The molecule has 0 aliphatic rings. The Kier molecular flexibility index (Phi) is 8.07. The molecule has 0 spiro atoms. The molecule has 0 atom stereocenters. The minimum Gasteiger partial charge on any atom is -0.323 e. The minimum atomic E-state index is 0.721. The van der Waals surface area contributed by atoms with Crippen LogP contribution in [0.3, 0.4) is 0 Å². The lowest BCUT2D eigenvalue weighted by Gasteiger charge is -2.04. The fourth-order valence-electron chi connectivity index (χ4n) is 2.00. The van der Waals surface area contributed by atoms with Crippen LogP contribution in [0.4, 0.5) is 0 Å². The molecule has 2 rings (SSSR count). The largest absolute Gasteiger partial charge is 0.323 e. The molecule has 21 heavy (non-hydrogen) atoms. The summed E-state index contributed by atoms with van der Waals surface area (Å²) in [4.78, 5) is 10.6. The quantitative estimate of drug-likeness (QED) is 0.827. The van der Waals surface area contributed by atoms with Crippen molar-refractivity contribution in [2.75, 3.05) is 14.1 Å². The van der Waals surface area contributed by atoms with Crippen LogP contribution >= 0.6 is 0 Å². The van der Waals surface area contributed by atoms with Crippen LogP contribution in [0.25, 0.3) is 11.1 Å². The van der Waals surface area contributed by atoms with Crippen molar-refractivity contribution in [2.24, 2.45) is 0 Å². The van der Waals surface area contributed by atoms with Crippen LogP contribution in [0.1, 0.15) is 35.7 Å². The van der Waals surface area contributed by atoms with Gasteiger partial charge in [0.2, 0.25) is 0 Å². The van der Waals surface area contributed by atoms with Crippen molar-refractivity contribution in [1.82, 2.24) is 5.32 Å². The zero-order valence-corrected chi connectivity index (χ0v) is 13.2. The number of carbonyl (C=O) groups excluding carboxylic acids is 1. The zero-order valence-electron chi connectivity index (χ0n) is 13.2. The van der Waals surface area contributed by atoms with Crippen molar-refractivity contribution in [3.8, 4) is 11.1 Å². The maximum absolute atomic E-state index is 10.6. The van der Waals surface area contributed by atoms with Crippen LogP contribution in [0.5, 0.6) is 0 Å². The van der Waals surface area contributed by atoms with Gasteiger partial charge >= 0.3 is 0 Å². The van der Waals surface area contributed by atoms with Crippen molar-refractivity contribution in [3.05, 3.63) is 59.7 Å². The van der Waals surface area contributed by atoms with E-state index in [4.69, 9.17) is 0 Å². The van der Waals surface area contributed by atoms with Crippen molar-refractivity contribution < 1.29 is 4.79 Å². The summed E-state index contributed by atoms with van der Waals surface area (Å²) >= 11 is 0. The molecular formula is C19H25NO. The molecule has 0 unspecified atom stereocenters. The van der Waals surface area contributed by atoms with Crippen LogP contribution in [0.2, 0.25) is 0 Å². The smallest absolute Gasteiger partial charge is 0.150 e. The van der Waals surface area contributed by atoms with Gasteiger partial charge in [-0.05, 0) is 43.6 Å². The topological polar surface area (TPSA) is 29.1 Å². The number of benzene rings is 2. The SMILES string of the molecule is CCCCc1ccc(-c2ccc(C=O)cc2)cc1.CNC. The van der Waals surface area contributed by atoms with Crippen LogP contribution in [0, 0.1) is 0 Å². The number of rotatable bonds is 5. The molecule has 0 amide bonds. The number of aldehydes is 1. The summed E-state index contributed by atoms with van der Waals surface area (Å²) in [6.45, 7) is 2.21. The Hall–Kier alpha value is -1.93. The van der Waals surface area contributed by atoms with Crippen molar-refractivity contribution >= 4 is 6.29 Å². The highest BCUT2D eigenvalue weighted by molar-refractivity contribution is 5.76. The van der Waals surface area contributed by atoms with E-state index in [2.05, 4.69) is 36.5 Å². The van der Waals surface area contributed by atoms with Gasteiger partial charge in [-0.1, -0.05) is 61.9 Å². The van der Waals surface area contributed by atoms with Gasteiger partial charge in [0, 0.05) is 5.56 Å². The van der Waals surface area contributed by atoms with Gasteiger partial charge in [-0.3, -0.25) is 4.79 Å². The van der Waals surface area contributed by atoms with Gasteiger partial charge in [0.25, 0.3) is 0 Å². The van der Waals surface area contributed by atoms with Crippen LogP contribution in [-0.2, 0) is 6.42 Å². The molecule has 0 heterocycles. The molecule has 2 heteroatoms. The fourth-order valence-corrected chi connectivity index (χ4v) is 2.00. The lowest BCUT2D eigenvalue weighted by Crippen LogP contribution is -1.89. The Morgan fingerprint density at radius 1 is 0.905 bits per heavy atom. The summed E-state index contributed by atoms with van der Waals surface area (Å²) < 4.78 is 0. The highest BCUT2D eigenvalue weighted by Crippen LogP contribution is 2.20. The molecule has 0 fully saturated rings. The van der Waals surface area contributed by atoms with E-state index in [0.717, 1.165) is 23.8 Å². The first-order chi connectivity index (χ1) is 10.2. The van der Waals surface area contributed by atoms with E-state index in [1.807, 2.05) is 38.4 Å². The molecule has 2 aromatic carbocycles. The Labute approximate surface area is 128 Å². The second-order valence-corrected chi connectivity index (χ2v) is 5.04. The standard InChI is InChI=1S/C17H18O.C2H7N/c1-2-3-4-14-5-9-16(10-6-14)17-11-7-15(13-18)8-12-17;1-3-2/h5-13H,2-4H2,1H3;3H,1-2H3. The van der Waals surface area contributed by atoms with Crippen LogP contribution < -0.4 is 5.32 Å². The Balaban J connectivity index is 0.000000677. The van der Waals surface area contributed by atoms with Gasteiger partial charge in [-0.15, -0.1) is 0 Å². The first-order valence-electron chi connectivity index (χ1n) is 7.48. The first kappa shape index (κ1) is 17.1. The van der Waals surface area contributed by atoms with Gasteiger partial charge in [-0.2, -0.15) is 0 Å². The van der Waals surface area contributed by atoms with E-state index < -0.39 is 0 Å². The highest BCUT2D eigenvalue weighted by Gasteiger charge is 1.98. The molecular weight excluding hydrogens is 258 g/mol. The predicted molar refractivity (Wildman–Crippen MR) is 90.9 cm³/mol. The Morgan fingerprint density at radius 3 is 1.81 bits per heavy atom. The molecule has 0 aliphatic carbocycles. The highest BCUT2D eigenvalue weighted by atomic mass is 16.1. The Morgan fingerprint density at radius 2 is 1.38 bits per heavy atom. The number of nitrogens with one attached hydrogen (secondary N) is 1. The average molecular weight is 283 g/mol. The second-order valence-electron chi connectivity index (χ2n) is 5.04. The van der Waals surface area contributed by atoms with E-state index in [9.17, 15) is 4.79 Å². The van der Waals surface area contributed by atoms with Crippen LogP contribution in [-0.4, -0.2) is 20.4 Å².